The summed E-state index contributed by atoms with van der Waals surface area (Å²) < 4.78 is 30.3. The van der Waals surface area contributed by atoms with Crippen LogP contribution in [0.15, 0.2) is 16.6 Å². The molecule has 0 amide bonds. The van der Waals surface area contributed by atoms with Crippen LogP contribution >= 0.6 is 27.5 Å². The number of rotatable bonds is 4. The average Bonchev–Trinajstić information content (AvgIpc) is 2.79. The monoisotopic (exact) mass is 380 g/mol. The average molecular weight is 382 g/mol. The maximum Gasteiger partial charge on any atom is 0.387 e. The number of ether oxygens (including phenoxy) is 1. The fraction of sp³-hybridized carbons (Fsp3) is 0.571. The van der Waals surface area contributed by atoms with Gasteiger partial charge < -0.3 is 15.0 Å². The van der Waals surface area contributed by atoms with Crippen LogP contribution in [0.4, 0.5) is 14.5 Å². The minimum atomic E-state index is -2.86. The van der Waals surface area contributed by atoms with Crippen LogP contribution < -0.4 is 10.1 Å². The molecule has 2 aliphatic rings. The first kappa shape index (κ1) is 15.3. The van der Waals surface area contributed by atoms with Gasteiger partial charge in [0.1, 0.15) is 0 Å². The molecule has 3 nitrogen and oxygen atoms in total. The second-order valence-electron chi connectivity index (χ2n) is 5.53. The van der Waals surface area contributed by atoms with E-state index in [9.17, 15) is 8.78 Å². The number of hydrogen-bond acceptors (Lipinski definition) is 3. The number of hydrogen-bond donors (Lipinski definition) is 1. The third-order valence-corrected chi connectivity index (χ3v) is 5.00. The molecule has 21 heavy (non-hydrogen) atoms. The zero-order chi connectivity index (χ0) is 15.0. The number of piperidine rings is 1. The first-order valence-corrected chi connectivity index (χ1v) is 8.13. The van der Waals surface area contributed by atoms with Gasteiger partial charge in [0, 0.05) is 24.2 Å². The fourth-order valence-corrected chi connectivity index (χ4v) is 4.12. The van der Waals surface area contributed by atoms with E-state index in [4.69, 9.17) is 11.6 Å². The molecule has 2 fully saturated rings. The Hall–Kier alpha value is -0.590. The first-order chi connectivity index (χ1) is 10.0. The van der Waals surface area contributed by atoms with Crippen LogP contribution in [0.1, 0.15) is 12.8 Å². The van der Waals surface area contributed by atoms with Crippen LogP contribution in [-0.2, 0) is 0 Å². The van der Waals surface area contributed by atoms with Crippen molar-refractivity contribution in [3.05, 3.63) is 21.6 Å². The highest BCUT2D eigenvalue weighted by molar-refractivity contribution is 9.10. The van der Waals surface area contributed by atoms with Gasteiger partial charge in [-0.15, -0.1) is 0 Å². The molecule has 0 aromatic heterocycles. The summed E-state index contributed by atoms with van der Waals surface area (Å²) in [4.78, 5) is 2.44. The van der Waals surface area contributed by atoms with E-state index in [0.717, 1.165) is 32.5 Å². The summed E-state index contributed by atoms with van der Waals surface area (Å²) in [6.07, 6.45) is 2.15. The van der Waals surface area contributed by atoms with Gasteiger partial charge in [0.05, 0.1) is 10.2 Å². The van der Waals surface area contributed by atoms with E-state index >= 15 is 0 Å². The Bertz CT molecular complexity index is 532. The summed E-state index contributed by atoms with van der Waals surface area (Å²) in [5.41, 5.74) is 0.528. The van der Waals surface area contributed by atoms with Crippen LogP contribution in [0.2, 0.25) is 5.02 Å². The highest BCUT2D eigenvalue weighted by atomic mass is 79.9. The lowest BCUT2D eigenvalue weighted by atomic mass is 9.94. The Kier molecular flexibility index (Phi) is 4.57. The summed E-state index contributed by atoms with van der Waals surface area (Å²) in [5.74, 6) is 0.672. The number of halogens is 4. The summed E-state index contributed by atoms with van der Waals surface area (Å²) in [6.45, 7) is 0.379. The lowest BCUT2D eigenvalue weighted by Gasteiger charge is -2.32. The van der Waals surface area contributed by atoms with Crippen molar-refractivity contribution in [1.29, 1.82) is 0 Å². The van der Waals surface area contributed by atoms with Crippen molar-refractivity contribution in [3.8, 4) is 5.75 Å². The highest BCUT2D eigenvalue weighted by Gasteiger charge is 2.34. The van der Waals surface area contributed by atoms with E-state index in [-0.39, 0.29) is 11.8 Å². The van der Waals surface area contributed by atoms with E-state index < -0.39 is 6.61 Å². The van der Waals surface area contributed by atoms with Crippen LogP contribution in [-0.4, -0.2) is 37.2 Å². The predicted octanol–water partition coefficient (Wildman–Crippen LogP) is 4.21. The Balaban J connectivity index is 1.83. The molecule has 2 saturated heterocycles. The normalized spacial score (nSPS) is 28.0. The molecule has 3 atom stereocenters. The number of fused-ring (bicyclic) bond motifs is 2. The number of alkyl halides is 2. The number of nitrogens with one attached hydrogen (secondary N) is 1. The molecule has 0 spiro atoms. The van der Waals surface area contributed by atoms with Crippen LogP contribution in [0.5, 0.6) is 5.75 Å². The first-order valence-electron chi connectivity index (χ1n) is 6.95. The molecule has 2 aliphatic heterocycles. The molecule has 1 aromatic carbocycles. The minimum absolute atomic E-state index is 0.120. The van der Waals surface area contributed by atoms with Gasteiger partial charge in [-0.3, -0.25) is 0 Å². The molecular weight excluding hydrogens is 366 g/mol. The molecule has 3 rings (SSSR count). The second kappa shape index (κ2) is 6.26. The maximum atomic E-state index is 12.6. The topological polar surface area (TPSA) is 24.5 Å². The largest absolute Gasteiger partial charge is 0.431 e. The summed E-state index contributed by atoms with van der Waals surface area (Å²) in [7, 11) is 0. The molecule has 2 bridgehead atoms. The highest BCUT2D eigenvalue weighted by Crippen LogP contribution is 2.39. The van der Waals surface area contributed by atoms with Crippen molar-refractivity contribution in [2.45, 2.75) is 25.5 Å². The Morgan fingerprint density at radius 1 is 1.33 bits per heavy atom. The Morgan fingerprint density at radius 2 is 2.10 bits per heavy atom. The molecule has 116 valence electrons. The van der Waals surface area contributed by atoms with E-state index in [1.165, 1.54) is 0 Å². The molecule has 0 saturated carbocycles. The molecule has 7 heteroatoms. The molecule has 1 aromatic rings. The SMILES string of the molecule is FC(F)Oc1c(Br)cc(Cl)cc1NC1CCN2CCC1C2. The van der Waals surface area contributed by atoms with Crippen molar-refractivity contribution in [1.82, 2.24) is 4.90 Å². The van der Waals surface area contributed by atoms with Gasteiger partial charge in [-0.05, 0) is 53.4 Å². The Morgan fingerprint density at radius 3 is 2.86 bits per heavy atom. The van der Waals surface area contributed by atoms with Gasteiger partial charge in [-0.25, -0.2) is 0 Å². The maximum absolute atomic E-state index is 12.6. The second-order valence-corrected chi connectivity index (χ2v) is 6.82. The van der Waals surface area contributed by atoms with Crippen LogP contribution in [0.3, 0.4) is 0 Å². The number of anilines is 1. The van der Waals surface area contributed by atoms with Crippen molar-refractivity contribution < 1.29 is 13.5 Å². The van der Waals surface area contributed by atoms with Gasteiger partial charge >= 0.3 is 6.61 Å². The number of benzene rings is 1. The lowest BCUT2D eigenvalue weighted by Crippen LogP contribution is -2.39. The Labute approximate surface area is 135 Å². The summed E-state index contributed by atoms with van der Waals surface area (Å²) >= 11 is 9.27. The van der Waals surface area contributed by atoms with Crippen LogP contribution in [0.25, 0.3) is 0 Å². The summed E-state index contributed by atoms with van der Waals surface area (Å²) in [6, 6.07) is 3.47. The predicted molar refractivity (Wildman–Crippen MR) is 82.4 cm³/mol. The van der Waals surface area contributed by atoms with E-state index in [1.54, 1.807) is 12.1 Å². The summed E-state index contributed by atoms with van der Waals surface area (Å²) in [5, 5.41) is 3.85. The van der Waals surface area contributed by atoms with E-state index in [2.05, 4.69) is 30.9 Å². The quantitative estimate of drug-likeness (QED) is 0.845. The molecule has 1 N–H and O–H groups in total. The van der Waals surface area contributed by atoms with E-state index in [1.807, 2.05) is 0 Å². The number of nitrogens with zero attached hydrogens (tertiary/aromatic N) is 1. The van der Waals surface area contributed by atoms with Gasteiger partial charge in [0.2, 0.25) is 0 Å². The minimum Gasteiger partial charge on any atom is -0.431 e. The molecule has 0 aliphatic carbocycles. The zero-order valence-electron chi connectivity index (χ0n) is 11.3. The van der Waals surface area contributed by atoms with Crippen molar-refractivity contribution in [3.63, 3.8) is 0 Å². The lowest BCUT2D eigenvalue weighted by molar-refractivity contribution is -0.0499. The van der Waals surface area contributed by atoms with Crippen molar-refractivity contribution >= 4 is 33.2 Å². The standard InChI is InChI=1S/C14H16BrClF2N2O/c15-10-5-9(16)6-12(13(10)21-14(17)18)19-11-2-4-20-3-1-8(11)7-20/h5-6,8,11,14,19H,1-4,7H2. The van der Waals surface area contributed by atoms with Crippen LogP contribution in [0, 0.1) is 5.92 Å². The molecule has 0 radical (unpaired) electrons. The van der Waals surface area contributed by atoms with E-state index in [0.29, 0.717) is 21.1 Å². The molecular formula is C14H16BrClF2N2O. The smallest absolute Gasteiger partial charge is 0.387 e. The van der Waals surface area contributed by atoms with Gasteiger partial charge in [0.15, 0.2) is 5.75 Å². The van der Waals surface area contributed by atoms with Crippen molar-refractivity contribution in [2.75, 3.05) is 25.0 Å². The van der Waals surface area contributed by atoms with Gasteiger partial charge in [-0.2, -0.15) is 8.78 Å². The molecule has 3 unspecified atom stereocenters. The third-order valence-electron chi connectivity index (χ3n) is 4.19. The van der Waals surface area contributed by atoms with Gasteiger partial charge in [-0.1, -0.05) is 11.6 Å². The third kappa shape index (κ3) is 3.43. The van der Waals surface area contributed by atoms with Crippen molar-refractivity contribution in [2.24, 2.45) is 5.92 Å². The fourth-order valence-electron chi connectivity index (χ4n) is 3.22. The van der Waals surface area contributed by atoms with Gasteiger partial charge in [0.25, 0.3) is 0 Å². The zero-order valence-corrected chi connectivity index (χ0v) is 13.6. The molecule has 2 heterocycles.